The van der Waals surface area contributed by atoms with E-state index in [2.05, 4.69) is 20.4 Å². The van der Waals surface area contributed by atoms with Crippen molar-refractivity contribution in [3.63, 3.8) is 0 Å². The van der Waals surface area contributed by atoms with Crippen molar-refractivity contribution >= 4 is 5.97 Å². The van der Waals surface area contributed by atoms with Crippen LogP contribution in [0.5, 0.6) is 0 Å². The summed E-state index contributed by atoms with van der Waals surface area (Å²) in [5.74, 6) is 1.44. The number of aliphatic hydroxyl groups is 1. The molecule has 0 amide bonds. The number of hydrogen-bond donors (Lipinski definition) is 1. The summed E-state index contributed by atoms with van der Waals surface area (Å²) in [4.78, 5) is 11.5. The lowest BCUT2D eigenvalue weighted by Gasteiger charge is -2.45. The zero-order valence-corrected chi connectivity index (χ0v) is 13.3. The van der Waals surface area contributed by atoms with Gasteiger partial charge in [-0.2, -0.15) is 0 Å². The highest BCUT2D eigenvalue weighted by atomic mass is 16.5. The highest BCUT2D eigenvalue weighted by molar-refractivity contribution is 5.89. The van der Waals surface area contributed by atoms with Gasteiger partial charge in [-0.05, 0) is 55.3 Å². The van der Waals surface area contributed by atoms with Gasteiger partial charge in [0.25, 0.3) is 0 Å². The van der Waals surface area contributed by atoms with Gasteiger partial charge >= 0.3 is 5.97 Å². The summed E-state index contributed by atoms with van der Waals surface area (Å²) in [5, 5.41) is 10.3. The lowest BCUT2D eigenvalue weighted by atomic mass is 9.61. The van der Waals surface area contributed by atoms with Gasteiger partial charge in [0.05, 0.1) is 6.10 Å². The molecule has 3 fully saturated rings. The first-order valence-electron chi connectivity index (χ1n) is 8.48. The fourth-order valence-corrected chi connectivity index (χ4v) is 5.47. The maximum Gasteiger partial charge on any atom is 0.333 e. The van der Waals surface area contributed by atoms with Crippen molar-refractivity contribution in [3.8, 4) is 0 Å². The van der Waals surface area contributed by atoms with E-state index in [0.29, 0.717) is 29.7 Å². The molecule has 2 aliphatic carbocycles. The maximum atomic E-state index is 11.5. The van der Waals surface area contributed by atoms with E-state index in [1.807, 2.05) is 0 Å². The van der Waals surface area contributed by atoms with Gasteiger partial charge in [-0.15, -0.1) is 0 Å². The number of rotatable bonds is 3. The van der Waals surface area contributed by atoms with E-state index in [1.54, 1.807) is 0 Å². The third-order valence-corrected chi connectivity index (χ3v) is 6.52. The quantitative estimate of drug-likeness (QED) is 0.640. The highest BCUT2D eigenvalue weighted by Crippen LogP contribution is 2.58. The molecule has 0 aromatic rings. The predicted molar refractivity (Wildman–Crippen MR) is 81.6 cm³/mol. The smallest absolute Gasteiger partial charge is 0.333 e. The van der Waals surface area contributed by atoms with Crippen LogP contribution in [0.3, 0.4) is 0 Å². The van der Waals surface area contributed by atoms with Crippen LogP contribution in [0, 0.1) is 23.2 Å². The number of carbonyl (C=O) groups is 1. The van der Waals surface area contributed by atoms with Crippen molar-refractivity contribution in [2.45, 2.75) is 71.0 Å². The summed E-state index contributed by atoms with van der Waals surface area (Å²) in [7, 11) is 0. The molecule has 118 valence electrons. The predicted octanol–water partition coefficient (Wildman–Crippen LogP) is 3.46. The van der Waals surface area contributed by atoms with Crippen LogP contribution in [-0.4, -0.2) is 23.3 Å². The Balaban J connectivity index is 1.66. The Bertz CT molecular complexity index is 428. The summed E-state index contributed by atoms with van der Waals surface area (Å²) in [6, 6.07) is 0. The average molecular weight is 292 g/mol. The number of hydrogen-bond acceptors (Lipinski definition) is 3. The van der Waals surface area contributed by atoms with Gasteiger partial charge in [0.1, 0.15) is 6.10 Å². The van der Waals surface area contributed by atoms with E-state index in [0.717, 1.165) is 25.7 Å². The molecule has 0 aromatic carbocycles. The van der Waals surface area contributed by atoms with E-state index >= 15 is 0 Å². The second-order valence-corrected chi connectivity index (χ2v) is 7.80. The Labute approximate surface area is 127 Å². The Morgan fingerprint density at radius 3 is 2.86 bits per heavy atom. The van der Waals surface area contributed by atoms with Gasteiger partial charge in [0, 0.05) is 12.0 Å². The molecular weight excluding hydrogens is 264 g/mol. The number of aliphatic hydroxyl groups excluding tert-OH is 1. The molecule has 0 spiro atoms. The normalized spacial score (nSPS) is 44.5. The summed E-state index contributed by atoms with van der Waals surface area (Å²) in [6.45, 7) is 8.45. The summed E-state index contributed by atoms with van der Waals surface area (Å²) in [5.41, 5.74) is 0.896. The van der Waals surface area contributed by atoms with Crippen molar-refractivity contribution in [2.24, 2.45) is 23.2 Å². The first-order valence-corrected chi connectivity index (χ1v) is 8.48. The van der Waals surface area contributed by atoms with Crippen LogP contribution in [0.15, 0.2) is 12.2 Å². The molecule has 0 aromatic heterocycles. The zero-order chi connectivity index (χ0) is 15.2. The number of cyclic esters (lactones) is 1. The zero-order valence-electron chi connectivity index (χ0n) is 13.3. The fourth-order valence-electron chi connectivity index (χ4n) is 5.47. The van der Waals surface area contributed by atoms with E-state index < -0.39 is 0 Å². The van der Waals surface area contributed by atoms with Crippen LogP contribution in [0.25, 0.3) is 0 Å². The lowest BCUT2D eigenvalue weighted by molar-refractivity contribution is -0.139. The van der Waals surface area contributed by atoms with Gasteiger partial charge in [-0.1, -0.05) is 26.8 Å². The minimum absolute atomic E-state index is 0.0242. The second-order valence-electron chi connectivity index (χ2n) is 7.80. The van der Waals surface area contributed by atoms with E-state index in [9.17, 15) is 9.90 Å². The molecule has 3 rings (SSSR count). The van der Waals surface area contributed by atoms with Crippen molar-refractivity contribution in [1.29, 1.82) is 0 Å². The Morgan fingerprint density at radius 2 is 2.19 bits per heavy atom. The van der Waals surface area contributed by atoms with Gasteiger partial charge in [0.15, 0.2) is 0 Å². The molecule has 2 saturated carbocycles. The van der Waals surface area contributed by atoms with Gasteiger partial charge < -0.3 is 9.84 Å². The molecule has 1 heterocycles. The van der Waals surface area contributed by atoms with Crippen molar-refractivity contribution in [1.82, 2.24) is 0 Å². The van der Waals surface area contributed by atoms with Gasteiger partial charge in [-0.25, -0.2) is 4.79 Å². The second kappa shape index (κ2) is 5.42. The van der Waals surface area contributed by atoms with E-state index in [1.165, 1.54) is 12.8 Å². The molecule has 3 aliphatic rings. The largest absolute Gasteiger partial charge is 0.459 e. The third kappa shape index (κ3) is 2.54. The van der Waals surface area contributed by atoms with Crippen LogP contribution in [0.1, 0.15) is 58.8 Å². The van der Waals surface area contributed by atoms with Gasteiger partial charge in [-0.3, -0.25) is 0 Å². The summed E-state index contributed by atoms with van der Waals surface area (Å²) < 4.78 is 5.41. The molecule has 6 atom stereocenters. The van der Waals surface area contributed by atoms with Gasteiger partial charge in [0.2, 0.25) is 0 Å². The molecule has 1 N–H and O–H groups in total. The molecule has 1 aliphatic heterocycles. The molecule has 3 nitrogen and oxygen atoms in total. The number of ether oxygens (including phenoxy) is 1. The maximum absolute atomic E-state index is 11.5. The van der Waals surface area contributed by atoms with Crippen molar-refractivity contribution in [3.05, 3.63) is 12.2 Å². The van der Waals surface area contributed by atoms with Crippen LogP contribution < -0.4 is 0 Å². The monoisotopic (exact) mass is 292 g/mol. The highest BCUT2D eigenvalue weighted by Gasteiger charge is 2.52. The summed E-state index contributed by atoms with van der Waals surface area (Å²) in [6.07, 6.45) is 7.27. The summed E-state index contributed by atoms with van der Waals surface area (Å²) >= 11 is 0. The third-order valence-electron chi connectivity index (χ3n) is 6.52. The SMILES string of the molecule is C=C1C[C@@H](C[C@@H](C)[C@H]2CC[C@H]3[C@@H](O)CCC[C@]23C)OC1=O. The molecule has 0 unspecified atom stereocenters. The molecule has 0 bridgehead atoms. The van der Waals surface area contributed by atoms with Crippen LogP contribution in [-0.2, 0) is 9.53 Å². The number of carbonyl (C=O) groups excluding carboxylic acids is 1. The topological polar surface area (TPSA) is 46.5 Å². The molecular formula is C18H28O3. The molecule has 3 heteroatoms. The minimum atomic E-state index is -0.212. The molecule has 21 heavy (non-hydrogen) atoms. The average Bonchev–Trinajstić information content (AvgIpc) is 2.91. The minimum Gasteiger partial charge on any atom is -0.459 e. The first-order chi connectivity index (χ1) is 9.91. The van der Waals surface area contributed by atoms with Crippen LogP contribution in [0.4, 0.5) is 0 Å². The standard InChI is InChI=1S/C18H28O3/c1-11(9-13-10-12(2)17(20)21-13)14-6-7-15-16(19)5-4-8-18(14,15)3/h11,13-16,19H,2,4-10H2,1,3H3/t11-,13-,14-,15+,16+,18-/m1/s1. The fraction of sp³-hybridized carbons (Fsp3) is 0.833. The molecule has 0 radical (unpaired) electrons. The van der Waals surface area contributed by atoms with E-state index in [4.69, 9.17) is 4.74 Å². The lowest BCUT2D eigenvalue weighted by Crippen LogP contribution is -2.41. The van der Waals surface area contributed by atoms with Crippen LogP contribution >= 0.6 is 0 Å². The van der Waals surface area contributed by atoms with Crippen LogP contribution in [0.2, 0.25) is 0 Å². The Hall–Kier alpha value is -0.830. The number of fused-ring (bicyclic) bond motifs is 1. The van der Waals surface area contributed by atoms with E-state index in [-0.39, 0.29) is 23.6 Å². The van der Waals surface area contributed by atoms with Crippen molar-refractivity contribution in [2.75, 3.05) is 0 Å². The van der Waals surface area contributed by atoms with Crippen molar-refractivity contribution < 1.29 is 14.6 Å². The number of esters is 1. The Morgan fingerprint density at radius 1 is 1.43 bits per heavy atom. The molecule has 1 saturated heterocycles. The first kappa shape index (κ1) is 15.1. The Kier molecular flexibility index (Phi) is 3.89.